The molecule has 0 aromatic heterocycles. The molecule has 0 aliphatic heterocycles. The summed E-state index contributed by atoms with van der Waals surface area (Å²) in [6.07, 6.45) is 10.6. The minimum absolute atomic E-state index is 0.145. The average molecular weight is 234 g/mol. The number of allylic oxidation sites excluding steroid dienone is 6. The van der Waals surface area contributed by atoms with E-state index in [2.05, 4.69) is 32.9 Å². The highest BCUT2D eigenvalue weighted by Crippen LogP contribution is 2.11. The molecule has 0 rings (SSSR count). The molecule has 0 N–H and O–H groups in total. The lowest BCUT2D eigenvalue weighted by Gasteiger charge is -2.00. The standard InChI is InChI=1S/C16H26O/c1-13(2)8-6-9-14(3)10-7-11-15(4)12-16(5)17/h8,10,12H,6-7,9,11H2,1-5H3. The number of hydrogen-bond acceptors (Lipinski definition) is 1. The van der Waals surface area contributed by atoms with Crippen molar-refractivity contribution in [2.45, 2.75) is 60.3 Å². The zero-order chi connectivity index (χ0) is 13.3. The number of carbonyl (C=O) groups is 1. The van der Waals surface area contributed by atoms with Gasteiger partial charge in [-0.25, -0.2) is 0 Å². The van der Waals surface area contributed by atoms with E-state index >= 15 is 0 Å². The van der Waals surface area contributed by atoms with Crippen LogP contribution in [0.1, 0.15) is 60.3 Å². The third-order valence-electron chi connectivity index (χ3n) is 2.57. The number of carbonyl (C=O) groups excluding carboxylic acids is 1. The lowest BCUT2D eigenvalue weighted by Crippen LogP contribution is -1.86. The molecule has 0 spiro atoms. The molecule has 0 saturated carbocycles. The van der Waals surface area contributed by atoms with Gasteiger partial charge in [0.2, 0.25) is 0 Å². The monoisotopic (exact) mass is 234 g/mol. The normalized spacial score (nSPS) is 12.5. The Labute approximate surface area is 106 Å². The van der Waals surface area contributed by atoms with E-state index in [1.165, 1.54) is 16.7 Å². The molecule has 1 heteroatoms. The first-order chi connectivity index (χ1) is 7.91. The van der Waals surface area contributed by atoms with Crippen LogP contribution in [0.5, 0.6) is 0 Å². The van der Waals surface area contributed by atoms with Gasteiger partial charge in [-0.2, -0.15) is 0 Å². The van der Waals surface area contributed by atoms with E-state index < -0.39 is 0 Å². The molecule has 0 aromatic carbocycles. The van der Waals surface area contributed by atoms with Crippen molar-refractivity contribution in [3.8, 4) is 0 Å². The minimum atomic E-state index is 0.145. The van der Waals surface area contributed by atoms with Crippen LogP contribution in [0.4, 0.5) is 0 Å². The fraction of sp³-hybridized carbons (Fsp3) is 0.562. The zero-order valence-corrected chi connectivity index (χ0v) is 12.0. The predicted octanol–water partition coefficient (Wildman–Crippen LogP) is 4.99. The van der Waals surface area contributed by atoms with Crippen molar-refractivity contribution >= 4 is 5.78 Å². The van der Waals surface area contributed by atoms with Crippen molar-refractivity contribution in [2.75, 3.05) is 0 Å². The summed E-state index contributed by atoms with van der Waals surface area (Å²) in [6.45, 7) is 10.1. The summed E-state index contributed by atoms with van der Waals surface area (Å²) in [7, 11) is 0. The summed E-state index contributed by atoms with van der Waals surface area (Å²) in [4.78, 5) is 10.9. The van der Waals surface area contributed by atoms with E-state index in [9.17, 15) is 4.79 Å². The molecule has 0 aliphatic rings. The maximum atomic E-state index is 10.9. The van der Waals surface area contributed by atoms with E-state index in [0.717, 1.165) is 25.7 Å². The third-order valence-corrected chi connectivity index (χ3v) is 2.57. The second-order valence-electron chi connectivity index (χ2n) is 5.01. The largest absolute Gasteiger partial charge is 0.295 e. The van der Waals surface area contributed by atoms with Gasteiger partial charge in [0.25, 0.3) is 0 Å². The van der Waals surface area contributed by atoms with Crippen LogP contribution in [0.25, 0.3) is 0 Å². The smallest absolute Gasteiger partial charge is 0.152 e. The fourth-order valence-electron chi connectivity index (χ4n) is 1.66. The lowest BCUT2D eigenvalue weighted by molar-refractivity contribution is -0.112. The number of hydrogen-bond donors (Lipinski definition) is 0. The average Bonchev–Trinajstić information content (AvgIpc) is 2.15. The Hall–Kier alpha value is -1.11. The van der Waals surface area contributed by atoms with Gasteiger partial charge in [-0.3, -0.25) is 4.79 Å². The summed E-state index contributed by atoms with van der Waals surface area (Å²) in [5.41, 5.74) is 4.00. The molecule has 0 amide bonds. The van der Waals surface area contributed by atoms with Crippen LogP contribution < -0.4 is 0 Å². The molecule has 0 atom stereocenters. The number of ketones is 1. The molecule has 0 heterocycles. The van der Waals surface area contributed by atoms with Crippen LogP contribution in [0.3, 0.4) is 0 Å². The Kier molecular flexibility index (Phi) is 8.39. The van der Waals surface area contributed by atoms with Crippen LogP contribution in [0.2, 0.25) is 0 Å². The summed E-state index contributed by atoms with van der Waals surface area (Å²) < 4.78 is 0. The molecule has 0 aliphatic carbocycles. The van der Waals surface area contributed by atoms with Gasteiger partial charge in [0.1, 0.15) is 0 Å². The van der Waals surface area contributed by atoms with Crippen LogP contribution in [-0.4, -0.2) is 5.78 Å². The van der Waals surface area contributed by atoms with Crippen molar-refractivity contribution in [3.05, 3.63) is 34.9 Å². The maximum absolute atomic E-state index is 10.9. The molecule has 96 valence electrons. The van der Waals surface area contributed by atoms with Crippen LogP contribution >= 0.6 is 0 Å². The van der Waals surface area contributed by atoms with Gasteiger partial charge in [0, 0.05) is 0 Å². The second-order valence-corrected chi connectivity index (χ2v) is 5.01. The molecular formula is C16H26O. The first kappa shape index (κ1) is 15.9. The highest BCUT2D eigenvalue weighted by Gasteiger charge is 1.93. The molecule has 0 fully saturated rings. The van der Waals surface area contributed by atoms with Crippen LogP contribution in [-0.2, 0) is 4.79 Å². The molecule has 0 unspecified atom stereocenters. The van der Waals surface area contributed by atoms with Gasteiger partial charge in [0.15, 0.2) is 5.78 Å². The minimum Gasteiger partial charge on any atom is -0.295 e. The van der Waals surface area contributed by atoms with Crippen molar-refractivity contribution < 1.29 is 4.79 Å². The molecule has 1 nitrogen and oxygen atoms in total. The van der Waals surface area contributed by atoms with Gasteiger partial charge in [0.05, 0.1) is 0 Å². The van der Waals surface area contributed by atoms with Gasteiger partial charge in [-0.05, 0) is 66.4 Å². The molecule has 0 bridgehead atoms. The fourth-order valence-corrected chi connectivity index (χ4v) is 1.66. The maximum Gasteiger partial charge on any atom is 0.152 e. The first-order valence-electron chi connectivity index (χ1n) is 6.38. The zero-order valence-electron chi connectivity index (χ0n) is 12.0. The molecule has 0 saturated heterocycles. The Morgan fingerprint density at radius 3 is 1.88 bits per heavy atom. The second kappa shape index (κ2) is 8.98. The Morgan fingerprint density at radius 1 is 0.824 bits per heavy atom. The van der Waals surface area contributed by atoms with Crippen molar-refractivity contribution in [1.82, 2.24) is 0 Å². The van der Waals surface area contributed by atoms with Gasteiger partial charge in [-0.15, -0.1) is 0 Å². The lowest BCUT2D eigenvalue weighted by atomic mass is 10.1. The van der Waals surface area contributed by atoms with Crippen LogP contribution in [0, 0.1) is 0 Å². The predicted molar refractivity (Wildman–Crippen MR) is 76.1 cm³/mol. The third kappa shape index (κ3) is 11.2. The van der Waals surface area contributed by atoms with Crippen molar-refractivity contribution in [3.63, 3.8) is 0 Å². The SMILES string of the molecule is CC(=O)C=C(C)CCC=C(C)CCC=C(C)C. The molecule has 0 aromatic rings. The van der Waals surface area contributed by atoms with Gasteiger partial charge in [-0.1, -0.05) is 28.9 Å². The quantitative estimate of drug-likeness (QED) is 0.448. The van der Waals surface area contributed by atoms with Crippen LogP contribution in [0.15, 0.2) is 34.9 Å². The number of rotatable bonds is 7. The van der Waals surface area contributed by atoms with Crippen molar-refractivity contribution in [2.24, 2.45) is 0 Å². The van der Waals surface area contributed by atoms with E-state index in [4.69, 9.17) is 0 Å². The van der Waals surface area contributed by atoms with Crippen molar-refractivity contribution in [1.29, 1.82) is 0 Å². The highest BCUT2D eigenvalue weighted by molar-refractivity contribution is 5.87. The van der Waals surface area contributed by atoms with E-state index in [1.807, 2.05) is 6.92 Å². The summed E-state index contributed by atoms with van der Waals surface area (Å²) in [6, 6.07) is 0. The Bertz CT molecular complexity index is 325. The van der Waals surface area contributed by atoms with E-state index in [-0.39, 0.29) is 5.78 Å². The Balaban J connectivity index is 3.92. The molecule has 17 heavy (non-hydrogen) atoms. The van der Waals surface area contributed by atoms with E-state index in [1.54, 1.807) is 13.0 Å². The summed E-state index contributed by atoms with van der Waals surface area (Å²) in [5.74, 6) is 0.145. The first-order valence-corrected chi connectivity index (χ1v) is 6.38. The van der Waals surface area contributed by atoms with E-state index in [0.29, 0.717) is 0 Å². The topological polar surface area (TPSA) is 17.1 Å². The van der Waals surface area contributed by atoms with Gasteiger partial charge < -0.3 is 0 Å². The summed E-state index contributed by atoms with van der Waals surface area (Å²) in [5, 5.41) is 0. The van der Waals surface area contributed by atoms with Gasteiger partial charge >= 0.3 is 0 Å². The highest BCUT2D eigenvalue weighted by atomic mass is 16.1. The molecular weight excluding hydrogens is 208 g/mol. The molecule has 0 radical (unpaired) electrons. The Morgan fingerprint density at radius 2 is 1.35 bits per heavy atom. The summed E-state index contributed by atoms with van der Waals surface area (Å²) >= 11 is 0.